The Balaban J connectivity index is 0.000000198. The maximum Gasteiger partial charge on any atom is 0.434 e. The first kappa shape index (κ1) is 58.1. The Morgan fingerprint density at radius 1 is 0.562 bits per heavy atom. The molecule has 0 atom stereocenters. The molecular formula is C47H57Cl2F12N5O7. The molecule has 2 aromatic carbocycles. The Kier molecular flexibility index (Phi) is 19.3. The maximum atomic E-state index is 12.7. The lowest BCUT2D eigenvalue weighted by molar-refractivity contribution is -0.309. The third-order valence-corrected chi connectivity index (χ3v) is 14.8. The molecule has 5 heterocycles. The summed E-state index contributed by atoms with van der Waals surface area (Å²) < 4.78 is 169. The molecule has 0 unspecified atom stereocenters. The van der Waals surface area contributed by atoms with Crippen molar-refractivity contribution in [2.75, 3.05) is 102 Å². The van der Waals surface area contributed by atoms with Crippen molar-refractivity contribution in [3.63, 3.8) is 0 Å². The largest absolute Gasteiger partial charge is 0.434 e. The van der Waals surface area contributed by atoms with Gasteiger partial charge in [-0.1, -0.05) is 48.2 Å². The number of likely N-dealkylation sites (tertiary alicyclic amines) is 3. The van der Waals surface area contributed by atoms with Crippen LogP contribution >= 0.6 is 23.2 Å². The van der Waals surface area contributed by atoms with Crippen molar-refractivity contribution in [1.82, 2.24) is 14.7 Å². The summed E-state index contributed by atoms with van der Waals surface area (Å²) in [6.07, 6.45) is -26.1. The molecule has 1 saturated carbocycles. The van der Waals surface area contributed by atoms with Crippen LogP contribution in [0.4, 0.5) is 73.6 Å². The van der Waals surface area contributed by atoms with Crippen molar-refractivity contribution in [2.24, 2.45) is 10.8 Å². The molecule has 1 aliphatic carbocycles. The number of carbonyl (C=O) groups is 3. The zero-order chi connectivity index (χ0) is 53.4. The smallest absolute Gasteiger partial charge is 0.426 e. The molecule has 26 heteroatoms. The van der Waals surface area contributed by atoms with E-state index < -0.39 is 49.1 Å². The van der Waals surface area contributed by atoms with Gasteiger partial charge in [0.25, 0.3) is 12.2 Å². The van der Waals surface area contributed by atoms with Crippen LogP contribution in [0, 0.1) is 10.8 Å². The molecule has 2 aromatic rings. The van der Waals surface area contributed by atoms with Crippen molar-refractivity contribution in [2.45, 2.75) is 101 Å². The number of hydrogen-bond acceptors (Lipinski definition) is 10. The van der Waals surface area contributed by atoms with E-state index in [0.29, 0.717) is 74.3 Å². The summed E-state index contributed by atoms with van der Waals surface area (Å²) in [5.41, 5.74) is 3.61. The van der Waals surface area contributed by atoms with E-state index in [9.17, 15) is 67.1 Å². The van der Waals surface area contributed by atoms with E-state index in [0.717, 1.165) is 104 Å². The van der Waals surface area contributed by atoms with Gasteiger partial charge >= 0.3 is 36.9 Å². The van der Waals surface area contributed by atoms with E-state index in [1.807, 2.05) is 18.2 Å². The number of nitrogens with zero attached hydrogens (tertiary/aromatic N) is 5. The second kappa shape index (κ2) is 24.3. The third-order valence-electron chi connectivity index (χ3n) is 14.2. The van der Waals surface area contributed by atoms with Crippen LogP contribution in [0.5, 0.6) is 0 Å². The molecule has 0 N–H and O–H groups in total. The van der Waals surface area contributed by atoms with Crippen LogP contribution in [0.15, 0.2) is 36.4 Å². The Morgan fingerprint density at radius 3 is 1.38 bits per heavy atom. The molecule has 0 aromatic heterocycles. The average Bonchev–Trinajstić information content (AvgIpc) is 3.96. The van der Waals surface area contributed by atoms with Crippen LogP contribution in [0.25, 0.3) is 0 Å². The minimum Gasteiger partial charge on any atom is -0.426 e. The van der Waals surface area contributed by atoms with Crippen LogP contribution in [0.3, 0.4) is 0 Å². The number of benzene rings is 2. The number of amides is 2. The quantitative estimate of drug-likeness (QED) is 0.197. The first-order chi connectivity index (χ1) is 34.2. The summed E-state index contributed by atoms with van der Waals surface area (Å²) in [6, 6.07) is 11.2. The van der Waals surface area contributed by atoms with Gasteiger partial charge in [-0.2, -0.15) is 52.7 Å². The predicted octanol–water partition coefficient (Wildman–Crippen LogP) is 11.4. The molecule has 6 fully saturated rings. The molecule has 8 rings (SSSR count). The summed E-state index contributed by atoms with van der Waals surface area (Å²) in [5.74, 6) is 0. The number of morpholine rings is 2. The number of halogens is 14. The fourth-order valence-electron chi connectivity index (χ4n) is 10.1. The molecule has 410 valence electrons. The van der Waals surface area contributed by atoms with Crippen molar-refractivity contribution >= 4 is 53.0 Å². The molecule has 12 nitrogen and oxygen atoms in total. The first-order valence-electron chi connectivity index (χ1n) is 23.8. The Bertz CT molecular complexity index is 2120. The van der Waals surface area contributed by atoms with Gasteiger partial charge in [-0.15, -0.1) is 0 Å². The summed E-state index contributed by atoms with van der Waals surface area (Å²) in [5, 5.41) is 1.36. The van der Waals surface area contributed by atoms with Gasteiger partial charge in [0.2, 0.25) is 0 Å². The lowest BCUT2D eigenvalue weighted by Crippen LogP contribution is -2.50. The van der Waals surface area contributed by atoms with Crippen LogP contribution in [0.2, 0.25) is 10.0 Å². The van der Waals surface area contributed by atoms with Crippen molar-refractivity contribution in [1.29, 1.82) is 0 Å². The maximum absolute atomic E-state index is 12.7. The number of ether oxygens (including phenoxy) is 4. The van der Waals surface area contributed by atoms with Crippen molar-refractivity contribution in [3.8, 4) is 0 Å². The molecular weight excluding hydrogens is 1050 g/mol. The highest BCUT2D eigenvalue weighted by Gasteiger charge is 2.61. The van der Waals surface area contributed by atoms with Gasteiger partial charge in [-0.25, -0.2) is 9.59 Å². The predicted molar refractivity (Wildman–Crippen MR) is 244 cm³/mol. The fraction of sp³-hybridized carbons (Fsp3) is 0.681. The third kappa shape index (κ3) is 16.0. The van der Waals surface area contributed by atoms with Crippen LogP contribution in [0.1, 0.15) is 73.7 Å². The van der Waals surface area contributed by atoms with Gasteiger partial charge in [-0.05, 0) is 92.1 Å². The van der Waals surface area contributed by atoms with Gasteiger partial charge < -0.3 is 38.5 Å². The number of aldehydes is 1. The minimum atomic E-state index is -5.72. The molecule has 5 saturated heterocycles. The lowest BCUT2D eigenvalue weighted by atomic mass is 9.77. The summed E-state index contributed by atoms with van der Waals surface area (Å²) >= 11 is 12.5. The Labute approximate surface area is 424 Å². The normalized spacial score (nSPS) is 20.7. The van der Waals surface area contributed by atoms with Gasteiger partial charge in [0.05, 0.1) is 47.8 Å². The van der Waals surface area contributed by atoms with E-state index in [-0.39, 0.29) is 37.0 Å². The lowest BCUT2D eigenvalue weighted by Gasteiger charge is -2.39. The molecule has 73 heavy (non-hydrogen) atoms. The number of anilines is 2. The number of rotatable bonds is 7. The number of hydrogen-bond donors (Lipinski definition) is 0. The monoisotopic (exact) mass is 1100 g/mol. The molecule has 2 amide bonds. The molecule has 0 bridgehead atoms. The topological polar surface area (TPSA) is 104 Å². The van der Waals surface area contributed by atoms with Crippen LogP contribution in [-0.2, 0) is 25.5 Å². The highest BCUT2D eigenvalue weighted by Crippen LogP contribution is 2.47. The van der Waals surface area contributed by atoms with E-state index in [2.05, 4.69) is 30.2 Å². The Hall–Kier alpha value is -4.13. The molecule has 6 aliphatic rings. The van der Waals surface area contributed by atoms with E-state index in [4.69, 9.17) is 32.7 Å². The zero-order valence-corrected chi connectivity index (χ0v) is 41.1. The van der Waals surface area contributed by atoms with Crippen LogP contribution < -0.4 is 9.80 Å². The summed E-state index contributed by atoms with van der Waals surface area (Å²) in [6.45, 7) is 8.51. The summed E-state index contributed by atoms with van der Waals surface area (Å²) in [4.78, 5) is 42.8. The second-order valence-electron chi connectivity index (χ2n) is 19.1. The zero-order valence-electron chi connectivity index (χ0n) is 39.6. The first-order valence-corrected chi connectivity index (χ1v) is 24.6. The van der Waals surface area contributed by atoms with E-state index >= 15 is 0 Å². The highest BCUT2D eigenvalue weighted by atomic mass is 35.5. The molecule has 5 aliphatic heterocycles. The number of piperidine rings is 2. The second-order valence-corrected chi connectivity index (χ2v) is 20.0. The number of alkyl halides is 12. The van der Waals surface area contributed by atoms with Crippen molar-refractivity contribution in [3.05, 3.63) is 57.6 Å². The molecule has 0 radical (unpaired) electrons. The average molecular weight is 1100 g/mol. The summed E-state index contributed by atoms with van der Waals surface area (Å²) in [7, 11) is 0. The fourth-order valence-corrected chi connectivity index (χ4v) is 10.6. The molecule has 2 spiro atoms. The highest BCUT2D eigenvalue weighted by molar-refractivity contribution is 6.33. The van der Waals surface area contributed by atoms with Crippen molar-refractivity contribution < 1.29 is 86.0 Å². The van der Waals surface area contributed by atoms with Gasteiger partial charge in [0, 0.05) is 71.0 Å². The van der Waals surface area contributed by atoms with E-state index in [1.54, 1.807) is 12.1 Å². The SMILES string of the molecule is O=C(OC(C(F)(F)F)C(F)(F)F)N1CCC2(CCCC2)CC1.O=C(OC(C(F)(F)F)C(F)(F)F)N1CCC2(CCN(Cc3ccc(Cl)c(N4CCOCC4)c3)C2)CC1.O=Cc1ccc(Cl)c(N2CCOCC2)c1. The van der Waals surface area contributed by atoms with Crippen LogP contribution in [-0.4, -0.2) is 162 Å². The minimum absolute atomic E-state index is 0.0528. The van der Waals surface area contributed by atoms with Gasteiger partial charge in [0.15, 0.2) is 0 Å². The number of carbonyl (C=O) groups excluding carboxylic acids is 3. The van der Waals surface area contributed by atoms with Gasteiger partial charge in [0.1, 0.15) is 6.29 Å². The van der Waals surface area contributed by atoms with E-state index in [1.165, 1.54) is 0 Å². The van der Waals surface area contributed by atoms with Gasteiger partial charge in [-0.3, -0.25) is 9.69 Å². The Morgan fingerprint density at radius 2 is 0.959 bits per heavy atom. The standard InChI is InChI=1S/C23H28ClF6N3O3.C13H17F6NO2.C11H12ClNO2/c24-17-2-1-16(13-18(17)32-9-11-35-12-10-32)14-31-6-3-21(15-31)4-7-33(8-5-21)20(34)36-19(22(25,26)27)23(28,29)30;14-12(15,16)9(13(17,18)19)22-10(21)20-7-5-11(6-8-20)3-1-2-4-11;12-10-2-1-9(8-14)7-11(10)13-3-5-15-6-4-13/h1-2,13,19H,3-12,14-15H2;9H,1-8H2;1-2,7-8H,3-6H2.